The van der Waals surface area contributed by atoms with E-state index in [-0.39, 0.29) is 6.10 Å². The van der Waals surface area contributed by atoms with Crippen LogP contribution in [-0.4, -0.2) is 21.2 Å². The molecule has 2 heterocycles. The van der Waals surface area contributed by atoms with Crippen LogP contribution in [-0.2, 0) is 0 Å². The molecule has 0 aliphatic heterocycles. The fraction of sp³-hybridized carbons (Fsp3) is 0.188. The maximum atomic E-state index is 6.24. The summed E-state index contributed by atoms with van der Waals surface area (Å²) in [6.07, 6.45) is 1.72. The van der Waals surface area contributed by atoms with Gasteiger partial charge in [0.1, 0.15) is 10.4 Å². The lowest BCUT2D eigenvalue weighted by Crippen LogP contribution is -2.05. The van der Waals surface area contributed by atoms with Gasteiger partial charge in [0.25, 0.3) is 5.89 Å². The SMILES string of the molecule is CC(C)Oc1ccc(-c2noc(-c3ccc(Br)nc3)n2)cc1Cl. The zero-order chi connectivity index (χ0) is 16.4. The molecule has 0 fully saturated rings. The van der Waals surface area contributed by atoms with Crippen LogP contribution in [0.15, 0.2) is 45.7 Å². The molecule has 0 unspecified atom stereocenters. The summed E-state index contributed by atoms with van der Waals surface area (Å²) in [5, 5.41) is 4.50. The van der Waals surface area contributed by atoms with Crippen LogP contribution in [0.4, 0.5) is 0 Å². The molecule has 1 aromatic carbocycles. The maximum absolute atomic E-state index is 6.24. The van der Waals surface area contributed by atoms with E-state index in [1.807, 2.05) is 32.0 Å². The van der Waals surface area contributed by atoms with Crippen LogP contribution < -0.4 is 4.74 Å². The normalized spacial score (nSPS) is 11.0. The van der Waals surface area contributed by atoms with Crippen molar-refractivity contribution in [3.63, 3.8) is 0 Å². The first-order chi connectivity index (χ1) is 11.0. The van der Waals surface area contributed by atoms with Crippen LogP contribution in [0.5, 0.6) is 5.75 Å². The minimum absolute atomic E-state index is 0.0556. The Morgan fingerprint density at radius 2 is 1.96 bits per heavy atom. The van der Waals surface area contributed by atoms with Crippen LogP contribution in [0.2, 0.25) is 5.02 Å². The van der Waals surface area contributed by atoms with E-state index < -0.39 is 0 Å². The summed E-state index contributed by atoms with van der Waals surface area (Å²) in [5.41, 5.74) is 1.50. The average Bonchev–Trinajstić information content (AvgIpc) is 2.99. The highest BCUT2D eigenvalue weighted by Gasteiger charge is 2.13. The zero-order valence-electron chi connectivity index (χ0n) is 12.5. The van der Waals surface area contributed by atoms with Crippen molar-refractivity contribution in [2.45, 2.75) is 20.0 Å². The molecule has 118 valence electrons. The molecule has 0 N–H and O–H groups in total. The fourth-order valence-electron chi connectivity index (χ4n) is 1.95. The smallest absolute Gasteiger partial charge is 0.259 e. The molecule has 0 aliphatic carbocycles. The van der Waals surface area contributed by atoms with E-state index >= 15 is 0 Å². The van der Waals surface area contributed by atoms with Crippen LogP contribution in [0.3, 0.4) is 0 Å². The molecule has 3 rings (SSSR count). The summed E-state index contributed by atoms with van der Waals surface area (Å²) in [4.78, 5) is 8.52. The second kappa shape index (κ2) is 6.68. The molecule has 0 spiro atoms. The van der Waals surface area contributed by atoms with Gasteiger partial charge in [-0.3, -0.25) is 0 Å². The lowest BCUT2D eigenvalue weighted by molar-refractivity contribution is 0.242. The predicted molar refractivity (Wildman–Crippen MR) is 91.4 cm³/mol. The Morgan fingerprint density at radius 3 is 2.61 bits per heavy atom. The van der Waals surface area contributed by atoms with Crippen molar-refractivity contribution in [3.05, 3.63) is 46.2 Å². The Labute approximate surface area is 146 Å². The van der Waals surface area contributed by atoms with Crippen molar-refractivity contribution >= 4 is 27.5 Å². The number of nitrogens with zero attached hydrogens (tertiary/aromatic N) is 3. The molecular formula is C16H13BrClN3O2. The molecule has 5 nitrogen and oxygen atoms in total. The van der Waals surface area contributed by atoms with Crippen molar-refractivity contribution < 1.29 is 9.26 Å². The van der Waals surface area contributed by atoms with E-state index in [1.165, 1.54) is 0 Å². The molecule has 0 aliphatic rings. The first-order valence-corrected chi connectivity index (χ1v) is 8.12. The first-order valence-electron chi connectivity index (χ1n) is 6.95. The monoisotopic (exact) mass is 393 g/mol. The van der Waals surface area contributed by atoms with Gasteiger partial charge < -0.3 is 9.26 Å². The lowest BCUT2D eigenvalue weighted by atomic mass is 10.2. The van der Waals surface area contributed by atoms with E-state index in [0.717, 1.165) is 15.7 Å². The molecule has 23 heavy (non-hydrogen) atoms. The predicted octanol–water partition coefficient (Wildman–Crippen LogP) is 5.00. The lowest BCUT2D eigenvalue weighted by Gasteiger charge is -2.11. The topological polar surface area (TPSA) is 61.0 Å². The summed E-state index contributed by atoms with van der Waals surface area (Å²) in [5.74, 6) is 1.49. The molecule has 3 aromatic rings. The molecule has 0 saturated heterocycles. The van der Waals surface area contributed by atoms with Crippen LogP contribution in [0, 0.1) is 0 Å². The summed E-state index contributed by atoms with van der Waals surface area (Å²) in [6.45, 7) is 3.89. The van der Waals surface area contributed by atoms with Gasteiger partial charge in [-0.1, -0.05) is 16.8 Å². The van der Waals surface area contributed by atoms with Crippen LogP contribution in [0.1, 0.15) is 13.8 Å². The van der Waals surface area contributed by atoms with Gasteiger partial charge in [0.05, 0.1) is 16.7 Å². The summed E-state index contributed by atoms with van der Waals surface area (Å²) < 4.78 is 11.6. The molecule has 0 amide bonds. The number of pyridine rings is 1. The third-order valence-corrected chi connectivity index (χ3v) is 3.72. The molecule has 0 bridgehead atoms. The zero-order valence-corrected chi connectivity index (χ0v) is 14.8. The second-order valence-electron chi connectivity index (χ2n) is 5.10. The Bertz CT molecular complexity index is 818. The number of rotatable bonds is 4. The molecule has 7 heteroatoms. The van der Waals surface area contributed by atoms with E-state index in [0.29, 0.717) is 22.5 Å². The third-order valence-electron chi connectivity index (χ3n) is 2.95. The maximum Gasteiger partial charge on any atom is 0.259 e. The van der Waals surface area contributed by atoms with Crippen molar-refractivity contribution in [1.29, 1.82) is 0 Å². The number of aromatic nitrogens is 3. The second-order valence-corrected chi connectivity index (χ2v) is 6.32. The minimum atomic E-state index is 0.0556. The summed E-state index contributed by atoms with van der Waals surface area (Å²) >= 11 is 9.53. The van der Waals surface area contributed by atoms with Crippen molar-refractivity contribution in [1.82, 2.24) is 15.1 Å². The Hall–Kier alpha value is -1.92. The van der Waals surface area contributed by atoms with E-state index in [9.17, 15) is 0 Å². The fourth-order valence-corrected chi connectivity index (χ4v) is 2.41. The van der Waals surface area contributed by atoms with Gasteiger partial charge in [-0.15, -0.1) is 0 Å². The van der Waals surface area contributed by atoms with Gasteiger partial charge in [0, 0.05) is 11.8 Å². The van der Waals surface area contributed by atoms with Gasteiger partial charge in [-0.25, -0.2) is 4.98 Å². The van der Waals surface area contributed by atoms with Gasteiger partial charge in [0.2, 0.25) is 5.82 Å². The molecule has 2 aromatic heterocycles. The number of ether oxygens (including phenoxy) is 1. The first kappa shape index (κ1) is 16.0. The number of hydrogen-bond acceptors (Lipinski definition) is 5. The Kier molecular flexibility index (Phi) is 4.63. The largest absolute Gasteiger partial charge is 0.489 e. The standard InChI is InChI=1S/C16H13BrClN3O2/c1-9(2)22-13-5-3-10(7-12(13)18)15-20-16(23-21-15)11-4-6-14(17)19-8-11/h3-9H,1-2H3. The van der Waals surface area contributed by atoms with E-state index in [1.54, 1.807) is 18.3 Å². The van der Waals surface area contributed by atoms with E-state index in [4.69, 9.17) is 20.9 Å². The van der Waals surface area contributed by atoms with E-state index in [2.05, 4.69) is 31.1 Å². The highest BCUT2D eigenvalue weighted by atomic mass is 79.9. The third kappa shape index (κ3) is 3.71. The molecule has 0 atom stereocenters. The number of halogens is 2. The molecular weight excluding hydrogens is 382 g/mol. The summed E-state index contributed by atoms with van der Waals surface area (Å²) in [7, 11) is 0. The van der Waals surface area contributed by atoms with Gasteiger partial charge in [-0.2, -0.15) is 4.98 Å². The highest BCUT2D eigenvalue weighted by Crippen LogP contribution is 2.30. The van der Waals surface area contributed by atoms with Crippen LogP contribution >= 0.6 is 27.5 Å². The van der Waals surface area contributed by atoms with Crippen molar-refractivity contribution in [2.75, 3.05) is 0 Å². The van der Waals surface area contributed by atoms with Crippen LogP contribution in [0.25, 0.3) is 22.8 Å². The Balaban J connectivity index is 1.88. The Morgan fingerprint density at radius 1 is 1.17 bits per heavy atom. The minimum Gasteiger partial charge on any atom is -0.489 e. The summed E-state index contributed by atoms with van der Waals surface area (Å²) in [6, 6.07) is 9.07. The average molecular weight is 395 g/mol. The quantitative estimate of drug-likeness (QED) is 0.583. The van der Waals surface area contributed by atoms with Gasteiger partial charge in [0.15, 0.2) is 0 Å². The van der Waals surface area contributed by atoms with Crippen molar-refractivity contribution in [3.8, 4) is 28.6 Å². The highest BCUT2D eigenvalue weighted by molar-refractivity contribution is 9.10. The van der Waals surface area contributed by atoms with Gasteiger partial charge >= 0.3 is 0 Å². The number of hydrogen-bond donors (Lipinski definition) is 0. The number of benzene rings is 1. The van der Waals surface area contributed by atoms with Crippen molar-refractivity contribution in [2.24, 2.45) is 0 Å². The molecule has 0 saturated carbocycles. The van der Waals surface area contributed by atoms with Gasteiger partial charge in [-0.05, 0) is 60.1 Å². The molecule has 0 radical (unpaired) electrons.